The molecular formula is C17H22N2O3. The molecule has 0 bridgehead atoms. The molecular weight excluding hydrogens is 280 g/mol. The van der Waals surface area contributed by atoms with Crippen molar-refractivity contribution in [3.63, 3.8) is 0 Å². The van der Waals surface area contributed by atoms with Gasteiger partial charge in [0.2, 0.25) is 0 Å². The second kappa shape index (κ2) is 4.62. The SMILES string of the molecule is COc1ccc2c(c1)C1(COC(N)=N1)C1COCCC1(C)C2. The molecule has 2 aliphatic heterocycles. The Kier molecular flexibility index (Phi) is 2.92. The van der Waals surface area contributed by atoms with Crippen LogP contribution >= 0.6 is 0 Å². The fourth-order valence-corrected chi connectivity index (χ4v) is 4.43. The van der Waals surface area contributed by atoms with E-state index < -0.39 is 5.54 Å². The van der Waals surface area contributed by atoms with Gasteiger partial charge in [-0.1, -0.05) is 13.0 Å². The van der Waals surface area contributed by atoms with Gasteiger partial charge in [-0.15, -0.1) is 0 Å². The second-order valence-corrected chi connectivity index (χ2v) is 6.89. The minimum atomic E-state index is -0.443. The maximum Gasteiger partial charge on any atom is 0.283 e. The predicted octanol–water partition coefficient (Wildman–Crippen LogP) is 1.83. The van der Waals surface area contributed by atoms with Gasteiger partial charge in [-0.3, -0.25) is 0 Å². The van der Waals surface area contributed by atoms with Gasteiger partial charge in [0.15, 0.2) is 0 Å². The molecule has 5 heteroatoms. The summed E-state index contributed by atoms with van der Waals surface area (Å²) in [5, 5.41) is 0. The van der Waals surface area contributed by atoms with Crippen LogP contribution in [0, 0.1) is 11.3 Å². The van der Waals surface area contributed by atoms with Crippen LogP contribution in [-0.4, -0.2) is 33.0 Å². The second-order valence-electron chi connectivity index (χ2n) is 6.89. The van der Waals surface area contributed by atoms with Crippen molar-refractivity contribution in [2.24, 2.45) is 22.1 Å². The maximum atomic E-state index is 5.89. The predicted molar refractivity (Wildman–Crippen MR) is 83.0 cm³/mol. The maximum absolute atomic E-state index is 5.89. The Balaban J connectivity index is 1.93. The van der Waals surface area contributed by atoms with Crippen molar-refractivity contribution >= 4 is 6.02 Å². The number of ether oxygens (including phenoxy) is 3. The molecule has 1 aromatic carbocycles. The Bertz CT molecular complexity index is 645. The highest BCUT2D eigenvalue weighted by molar-refractivity contribution is 5.74. The van der Waals surface area contributed by atoms with Crippen LogP contribution in [0.1, 0.15) is 24.5 Å². The zero-order chi connectivity index (χ0) is 15.4. The fourth-order valence-electron chi connectivity index (χ4n) is 4.43. The average molecular weight is 302 g/mol. The van der Waals surface area contributed by atoms with Gasteiger partial charge in [-0.05, 0) is 41.5 Å². The summed E-state index contributed by atoms with van der Waals surface area (Å²) in [7, 11) is 1.69. The van der Waals surface area contributed by atoms with E-state index in [2.05, 4.69) is 19.1 Å². The highest BCUT2D eigenvalue weighted by Crippen LogP contribution is 2.56. The lowest BCUT2D eigenvalue weighted by Gasteiger charge is -2.52. The Morgan fingerprint density at radius 1 is 1.41 bits per heavy atom. The summed E-state index contributed by atoms with van der Waals surface area (Å²) in [6, 6.07) is 6.56. The molecule has 1 aromatic rings. The molecule has 1 fully saturated rings. The minimum absolute atomic E-state index is 0.164. The van der Waals surface area contributed by atoms with E-state index >= 15 is 0 Å². The van der Waals surface area contributed by atoms with Gasteiger partial charge in [0.1, 0.15) is 17.9 Å². The summed E-state index contributed by atoms with van der Waals surface area (Å²) in [5.74, 6) is 1.12. The van der Waals surface area contributed by atoms with Gasteiger partial charge in [0.05, 0.1) is 13.7 Å². The first-order valence-corrected chi connectivity index (χ1v) is 7.81. The number of amidine groups is 1. The van der Waals surface area contributed by atoms with Gasteiger partial charge in [0.25, 0.3) is 6.02 Å². The van der Waals surface area contributed by atoms with Crippen molar-refractivity contribution in [3.8, 4) is 5.75 Å². The number of benzene rings is 1. The van der Waals surface area contributed by atoms with E-state index in [1.54, 1.807) is 7.11 Å². The number of hydrogen-bond donors (Lipinski definition) is 1. The van der Waals surface area contributed by atoms with E-state index in [9.17, 15) is 0 Å². The normalized spacial score (nSPS) is 36.3. The average Bonchev–Trinajstić information content (AvgIpc) is 2.89. The number of aliphatic imine (C=N–C) groups is 1. The quantitative estimate of drug-likeness (QED) is 0.859. The van der Waals surface area contributed by atoms with Crippen LogP contribution < -0.4 is 10.5 Å². The Morgan fingerprint density at radius 3 is 3.00 bits per heavy atom. The highest BCUT2D eigenvalue weighted by Gasteiger charge is 2.57. The third-order valence-electron chi connectivity index (χ3n) is 5.65. The van der Waals surface area contributed by atoms with Gasteiger partial charge < -0.3 is 19.9 Å². The third-order valence-corrected chi connectivity index (χ3v) is 5.65. The van der Waals surface area contributed by atoms with Gasteiger partial charge in [0, 0.05) is 12.5 Å². The molecule has 2 heterocycles. The van der Waals surface area contributed by atoms with Crippen LogP contribution in [0.25, 0.3) is 0 Å². The van der Waals surface area contributed by atoms with Crippen LogP contribution in [-0.2, 0) is 21.4 Å². The number of nitrogens with zero attached hydrogens (tertiary/aromatic N) is 1. The third kappa shape index (κ3) is 1.78. The molecule has 0 aromatic heterocycles. The van der Waals surface area contributed by atoms with E-state index in [4.69, 9.17) is 24.9 Å². The van der Waals surface area contributed by atoms with Crippen LogP contribution in [0.15, 0.2) is 23.2 Å². The zero-order valence-corrected chi connectivity index (χ0v) is 13.1. The fraction of sp³-hybridized carbons (Fsp3) is 0.588. The summed E-state index contributed by atoms with van der Waals surface area (Å²) in [6.45, 7) is 4.35. The van der Waals surface area contributed by atoms with E-state index in [0.29, 0.717) is 13.2 Å². The van der Waals surface area contributed by atoms with Gasteiger partial charge >= 0.3 is 0 Å². The van der Waals surface area contributed by atoms with Crippen molar-refractivity contribution in [2.45, 2.75) is 25.3 Å². The molecule has 118 valence electrons. The molecule has 3 unspecified atom stereocenters. The molecule has 22 heavy (non-hydrogen) atoms. The number of rotatable bonds is 1. The smallest absolute Gasteiger partial charge is 0.283 e. The molecule has 4 rings (SSSR count). The lowest BCUT2D eigenvalue weighted by atomic mass is 9.56. The number of hydrogen-bond acceptors (Lipinski definition) is 5. The van der Waals surface area contributed by atoms with Crippen molar-refractivity contribution < 1.29 is 14.2 Å². The zero-order valence-electron chi connectivity index (χ0n) is 13.1. The van der Waals surface area contributed by atoms with Crippen LogP contribution in [0.2, 0.25) is 0 Å². The lowest BCUT2D eigenvalue weighted by molar-refractivity contribution is -0.0792. The van der Waals surface area contributed by atoms with E-state index in [0.717, 1.165) is 25.2 Å². The summed E-state index contributed by atoms with van der Waals surface area (Å²) in [4.78, 5) is 4.76. The molecule has 3 aliphatic rings. The minimum Gasteiger partial charge on any atom is -0.497 e. The Hall–Kier alpha value is -1.75. The largest absolute Gasteiger partial charge is 0.497 e. The first-order chi connectivity index (χ1) is 10.6. The molecule has 2 N–H and O–H groups in total. The van der Waals surface area contributed by atoms with Gasteiger partial charge in [-0.25, -0.2) is 4.99 Å². The molecule has 3 atom stereocenters. The molecule has 0 amide bonds. The number of methoxy groups -OCH3 is 1. The first-order valence-electron chi connectivity index (χ1n) is 7.81. The standard InChI is InChI=1S/C17H22N2O3/c1-16-5-6-21-9-14(16)17(10-22-15(18)19-17)13-7-12(20-2)4-3-11(13)8-16/h3-4,7,14H,5-6,8-10H2,1-2H3,(H2,18,19). The summed E-state index contributed by atoms with van der Waals surface area (Å²) in [5.41, 5.74) is 8.11. The molecule has 1 saturated heterocycles. The molecule has 1 aliphatic carbocycles. The first kappa shape index (κ1) is 13.9. The van der Waals surface area contributed by atoms with Crippen molar-refractivity contribution in [3.05, 3.63) is 29.3 Å². The van der Waals surface area contributed by atoms with Gasteiger partial charge in [-0.2, -0.15) is 0 Å². The molecule has 1 spiro atoms. The van der Waals surface area contributed by atoms with Crippen LogP contribution in [0.3, 0.4) is 0 Å². The summed E-state index contributed by atoms with van der Waals surface area (Å²) >= 11 is 0. The lowest BCUT2D eigenvalue weighted by Crippen LogP contribution is -2.54. The molecule has 5 nitrogen and oxygen atoms in total. The van der Waals surface area contributed by atoms with E-state index in [1.807, 2.05) is 6.07 Å². The van der Waals surface area contributed by atoms with Crippen molar-refractivity contribution in [1.82, 2.24) is 0 Å². The van der Waals surface area contributed by atoms with Crippen LogP contribution in [0.5, 0.6) is 5.75 Å². The number of fused-ring (bicyclic) bond motifs is 4. The van der Waals surface area contributed by atoms with Crippen molar-refractivity contribution in [1.29, 1.82) is 0 Å². The highest BCUT2D eigenvalue weighted by atomic mass is 16.5. The molecule has 0 radical (unpaired) electrons. The van der Waals surface area contributed by atoms with Crippen molar-refractivity contribution in [2.75, 3.05) is 26.9 Å². The number of nitrogens with two attached hydrogens (primary N) is 1. The topological polar surface area (TPSA) is 66.1 Å². The Labute approximate surface area is 130 Å². The van der Waals surface area contributed by atoms with Crippen LogP contribution in [0.4, 0.5) is 0 Å². The molecule has 0 saturated carbocycles. The van der Waals surface area contributed by atoms with E-state index in [-0.39, 0.29) is 17.4 Å². The Morgan fingerprint density at radius 2 is 2.27 bits per heavy atom. The summed E-state index contributed by atoms with van der Waals surface area (Å²) < 4.78 is 16.8. The van der Waals surface area contributed by atoms with E-state index in [1.165, 1.54) is 11.1 Å². The summed E-state index contributed by atoms with van der Waals surface area (Å²) in [6.07, 6.45) is 2.08. The monoisotopic (exact) mass is 302 g/mol.